The molecule has 1 aromatic carbocycles. The number of fused-ring (bicyclic) bond motifs is 1. The van der Waals surface area contributed by atoms with Gasteiger partial charge in [-0.1, -0.05) is 30.3 Å². The van der Waals surface area contributed by atoms with Gasteiger partial charge in [-0.2, -0.15) is 18.2 Å². The summed E-state index contributed by atoms with van der Waals surface area (Å²) >= 11 is 0. The number of nitrogens with zero attached hydrogens (tertiary/aromatic N) is 4. The van der Waals surface area contributed by atoms with Crippen molar-refractivity contribution < 1.29 is 23.1 Å². The molecular weight excluding hydrogens is 409 g/mol. The molecule has 0 radical (unpaired) electrons. The van der Waals surface area contributed by atoms with Crippen molar-refractivity contribution in [1.82, 2.24) is 9.97 Å². The molecule has 164 valence electrons. The fraction of sp³-hybridized carbons (Fsp3) is 0.500. The molecular formula is C22H23F3N4O2. The summed E-state index contributed by atoms with van der Waals surface area (Å²) in [7, 11) is 0. The third-order valence-corrected chi connectivity index (χ3v) is 6.87. The number of carboxylic acids is 1. The summed E-state index contributed by atoms with van der Waals surface area (Å²) in [6.45, 7) is 3.62. The molecule has 3 aliphatic rings. The van der Waals surface area contributed by atoms with Gasteiger partial charge < -0.3 is 14.9 Å². The Kier molecular flexibility index (Phi) is 4.60. The number of piperidine rings is 1. The van der Waals surface area contributed by atoms with Crippen LogP contribution < -0.4 is 9.80 Å². The Balaban J connectivity index is 1.59. The molecule has 1 aromatic heterocycles. The fourth-order valence-corrected chi connectivity index (χ4v) is 5.01. The highest BCUT2D eigenvalue weighted by Gasteiger charge is 2.57. The highest BCUT2D eigenvalue weighted by Crippen LogP contribution is 2.55. The second-order valence-electron chi connectivity index (χ2n) is 8.76. The van der Waals surface area contributed by atoms with E-state index < -0.39 is 17.8 Å². The molecule has 4 atom stereocenters. The average molecular weight is 432 g/mol. The molecule has 0 amide bonds. The molecule has 0 spiro atoms. The Labute approximate surface area is 177 Å². The first-order valence-electron chi connectivity index (χ1n) is 10.5. The van der Waals surface area contributed by atoms with Crippen molar-refractivity contribution in [2.24, 2.45) is 17.8 Å². The number of halogens is 3. The van der Waals surface area contributed by atoms with Crippen LogP contribution >= 0.6 is 0 Å². The van der Waals surface area contributed by atoms with Crippen molar-refractivity contribution in [3.8, 4) is 11.1 Å². The molecule has 1 N–H and O–H groups in total. The molecule has 2 aromatic rings. The predicted molar refractivity (Wildman–Crippen MR) is 109 cm³/mol. The van der Waals surface area contributed by atoms with E-state index in [1.807, 2.05) is 11.8 Å². The Morgan fingerprint density at radius 1 is 1.16 bits per heavy atom. The van der Waals surface area contributed by atoms with Crippen LogP contribution in [0.25, 0.3) is 11.1 Å². The normalized spacial score (nSPS) is 27.1. The Morgan fingerprint density at radius 2 is 1.84 bits per heavy atom. The van der Waals surface area contributed by atoms with E-state index in [1.165, 1.54) is 0 Å². The van der Waals surface area contributed by atoms with E-state index in [2.05, 4.69) is 9.97 Å². The standard InChI is InChI=1S/C22H23F3N4O2/c1-12-7-8-29(12)21-26-19(22(23,24)25)18(13-5-3-2-4-6-13)20(27-21)28-10-15-14(9-17(30)31)16(15)11-28/h2-6,12,14-16H,7-11H2,1H3,(H,30,31)/t12-,14-,15-,16+/m0/s1. The number of hydrogen-bond acceptors (Lipinski definition) is 5. The highest BCUT2D eigenvalue weighted by atomic mass is 19.4. The summed E-state index contributed by atoms with van der Waals surface area (Å²) in [6.07, 6.45) is -3.62. The minimum absolute atomic E-state index is 0.00103. The van der Waals surface area contributed by atoms with Crippen molar-refractivity contribution in [1.29, 1.82) is 0 Å². The maximum absolute atomic E-state index is 14.2. The van der Waals surface area contributed by atoms with Gasteiger partial charge in [-0.15, -0.1) is 0 Å². The van der Waals surface area contributed by atoms with Crippen LogP contribution in [0.3, 0.4) is 0 Å². The van der Waals surface area contributed by atoms with Gasteiger partial charge in [0.25, 0.3) is 0 Å². The van der Waals surface area contributed by atoms with E-state index in [9.17, 15) is 18.0 Å². The van der Waals surface area contributed by atoms with Crippen LogP contribution in [0.5, 0.6) is 0 Å². The summed E-state index contributed by atoms with van der Waals surface area (Å²) in [4.78, 5) is 23.4. The minimum atomic E-state index is -4.62. The summed E-state index contributed by atoms with van der Waals surface area (Å²) in [5, 5.41) is 9.07. The van der Waals surface area contributed by atoms with Crippen molar-refractivity contribution in [3.63, 3.8) is 0 Å². The zero-order valence-electron chi connectivity index (χ0n) is 17.0. The zero-order valence-corrected chi connectivity index (χ0v) is 17.0. The van der Waals surface area contributed by atoms with Gasteiger partial charge in [-0.3, -0.25) is 4.79 Å². The molecule has 6 nitrogen and oxygen atoms in total. The van der Waals surface area contributed by atoms with Gasteiger partial charge in [0.2, 0.25) is 5.95 Å². The van der Waals surface area contributed by atoms with Crippen LogP contribution in [0.4, 0.5) is 24.9 Å². The van der Waals surface area contributed by atoms with Crippen LogP contribution in [0.15, 0.2) is 30.3 Å². The number of anilines is 2. The summed E-state index contributed by atoms with van der Waals surface area (Å²) in [5.74, 6) is 0.0669. The number of carboxylic acid groups (broad SMARTS) is 1. The molecule has 2 saturated heterocycles. The third kappa shape index (κ3) is 3.49. The van der Waals surface area contributed by atoms with Gasteiger partial charge in [-0.05, 0) is 36.7 Å². The molecule has 0 bridgehead atoms. The Morgan fingerprint density at radius 3 is 2.35 bits per heavy atom. The SMILES string of the molecule is C[C@H]1CCN1c1nc(N2C[C@@H]3[C@@H](CC(=O)O)[C@@H]3C2)c(-c2ccccc2)c(C(F)(F)F)n1. The summed E-state index contributed by atoms with van der Waals surface area (Å²) in [6, 6.07) is 8.56. The lowest BCUT2D eigenvalue weighted by Crippen LogP contribution is -2.47. The highest BCUT2D eigenvalue weighted by molar-refractivity contribution is 5.80. The third-order valence-electron chi connectivity index (χ3n) is 6.87. The monoisotopic (exact) mass is 432 g/mol. The first-order valence-corrected chi connectivity index (χ1v) is 10.5. The number of rotatable bonds is 5. The van der Waals surface area contributed by atoms with E-state index >= 15 is 0 Å². The number of carbonyl (C=O) groups is 1. The van der Waals surface area contributed by atoms with Crippen LogP contribution in [0.1, 0.15) is 25.5 Å². The minimum Gasteiger partial charge on any atom is -0.481 e. The second-order valence-corrected chi connectivity index (χ2v) is 8.76. The number of hydrogen-bond donors (Lipinski definition) is 1. The molecule has 5 rings (SSSR count). The summed E-state index contributed by atoms with van der Waals surface area (Å²) < 4.78 is 42.5. The van der Waals surface area contributed by atoms with E-state index in [4.69, 9.17) is 5.11 Å². The molecule has 1 aliphatic carbocycles. The van der Waals surface area contributed by atoms with E-state index in [1.54, 1.807) is 35.2 Å². The quantitative estimate of drug-likeness (QED) is 0.773. The maximum Gasteiger partial charge on any atom is 0.434 e. The van der Waals surface area contributed by atoms with Gasteiger partial charge in [0, 0.05) is 32.1 Å². The summed E-state index contributed by atoms with van der Waals surface area (Å²) in [5.41, 5.74) is -0.489. The van der Waals surface area contributed by atoms with Crippen LogP contribution in [-0.2, 0) is 11.0 Å². The number of alkyl halides is 3. The smallest absolute Gasteiger partial charge is 0.434 e. The zero-order chi connectivity index (χ0) is 21.9. The lowest BCUT2D eigenvalue weighted by molar-refractivity contribution is -0.140. The van der Waals surface area contributed by atoms with Gasteiger partial charge in [0.1, 0.15) is 5.82 Å². The van der Waals surface area contributed by atoms with Crippen molar-refractivity contribution in [3.05, 3.63) is 36.0 Å². The maximum atomic E-state index is 14.2. The molecule has 31 heavy (non-hydrogen) atoms. The first-order chi connectivity index (χ1) is 14.7. The number of aliphatic carboxylic acids is 1. The lowest BCUT2D eigenvalue weighted by atomic mass is 10.0. The van der Waals surface area contributed by atoms with Gasteiger partial charge in [0.05, 0.1) is 5.56 Å². The predicted octanol–water partition coefficient (Wildman–Crippen LogP) is 3.92. The van der Waals surface area contributed by atoms with Gasteiger partial charge in [-0.25, -0.2) is 4.98 Å². The number of aromatic nitrogens is 2. The molecule has 0 unspecified atom stereocenters. The molecule has 9 heteroatoms. The van der Waals surface area contributed by atoms with Crippen molar-refractivity contribution in [2.45, 2.75) is 32.0 Å². The van der Waals surface area contributed by atoms with E-state index in [-0.39, 0.29) is 41.7 Å². The Bertz CT molecular complexity index is 1000. The van der Waals surface area contributed by atoms with Crippen LogP contribution in [0.2, 0.25) is 0 Å². The molecule has 1 saturated carbocycles. The first kappa shape index (κ1) is 20.1. The van der Waals surface area contributed by atoms with E-state index in [0.717, 1.165) is 6.42 Å². The molecule has 3 fully saturated rings. The molecule has 2 aliphatic heterocycles. The largest absolute Gasteiger partial charge is 0.481 e. The lowest BCUT2D eigenvalue weighted by Gasteiger charge is -2.39. The second kappa shape index (κ2) is 7.10. The van der Waals surface area contributed by atoms with Crippen molar-refractivity contribution in [2.75, 3.05) is 29.4 Å². The number of benzene rings is 1. The molecule has 3 heterocycles. The average Bonchev–Trinajstić information content (AvgIpc) is 3.13. The van der Waals surface area contributed by atoms with E-state index in [0.29, 0.717) is 31.0 Å². The van der Waals surface area contributed by atoms with Crippen molar-refractivity contribution >= 4 is 17.7 Å². The Hall–Kier alpha value is -2.84. The van der Waals surface area contributed by atoms with Gasteiger partial charge in [0.15, 0.2) is 5.69 Å². The topological polar surface area (TPSA) is 69.6 Å². The van der Waals surface area contributed by atoms with Gasteiger partial charge >= 0.3 is 12.1 Å². The van der Waals surface area contributed by atoms with Crippen LogP contribution in [0, 0.1) is 17.8 Å². The fourth-order valence-electron chi connectivity index (χ4n) is 5.01. The van der Waals surface area contributed by atoms with Crippen LogP contribution in [-0.4, -0.2) is 46.7 Å².